The quantitative estimate of drug-likeness (QED) is 0.697. The molecule has 2 heterocycles. The molecule has 3 aromatic rings. The monoisotopic (exact) mass is 366 g/mol. The molecule has 0 radical (unpaired) electrons. The third kappa shape index (κ3) is 4.22. The van der Waals surface area contributed by atoms with Gasteiger partial charge < -0.3 is 5.32 Å². The van der Waals surface area contributed by atoms with Crippen molar-refractivity contribution in [2.75, 3.05) is 5.32 Å². The van der Waals surface area contributed by atoms with E-state index >= 15 is 0 Å². The first kappa shape index (κ1) is 18.8. The number of nitrogens with one attached hydrogen (secondary N) is 1. The van der Waals surface area contributed by atoms with Gasteiger partial charge in [-0.15, -0.1) is 0 Å². The van der Waals surface area contributed by atoms with E-state index in [2.05, 4.69) is 10.3 Å². The maximum Gasteiger partial charge on any atom is 0.228 e. The summed E-state index contributed by atoms with van der Waals surface area (Å²) in [7, 11) is 0. The molecule has 0 fully saturated rings. The van der Waals surface area contributed by atoms with E-state index in [1.807, 2.05) is 50.7 Å². The molecule has 0 saturated carbocycles. The minimum absolute atomic E-state index is 0.0868. The zero-order valence-electron chi connectivity index (χ0n) is 15.9. The third-order valence-corrected chi connectivity index (χ3v) is 4.23. The summed E-state index contributed by atoms with van der Waals surface area (Å²) in [4.78, 5) is 16.2. The molecule has 1 amide bonds. The van der Waals surface area contributed by atoms with Crippen LogP contribution in [0.4, 0.5) is 10.2 Å². The first-order chi connectivity index (χ1) is 12.8. The summed E-state index contributed by atoms with van der Waals surface area (Å²) in [5.74, 6) is -0.00931. The molecule has 0 aliphatic carbocycles. The summed E-state index contributed by atoms with van der Waals surface area (Å²) in [6.45, 7) is 7.76. The number of aromatic nitrogens is 3. The van der Waals surface area contributed by atoms with Gasteiger partial charge in [-0.2, -0.15) is 5.10 Å². The average molecular weight is 366 g/mol. The molecule has 1 N–H and O–H groups in total. The number of anilines is 1. The molecule has 6 heteroatoms. The second kappa shape index (κ2) is 7.70. The number of carbonyl (C=O) groups is 1. The van der Waals surface area contributed by atoms with Gasteiger partial charge in [-0.3, -0.25) is 9.48 Å². The number of carbonyl (C=O) groups excluding carboxylic acids is 1. The van der Waals surface area contributed by atoms with E-state index < -0.39 is 0 Å². The normalized spacial score (nSPS) is 11.2. The van der Waals surface area contributed by atoms with Crippen molar-refractivity contribution < 1.29 is 9.18 Å². The molecule has 0 bridgehead atoms. The van der Waals surface area contributed by atoms with E-state index in [1.165, 1.54) is 12.1 Å². The van der Waals surface area contributed by atoms with Gasteiger partial charge in [0.05, 0.1) is 0 Å². The van der Waals surface area contributed by atoms with Gasteiger partial charge in [0, 0.05) is 35.5 Å². The predicted molar refractivity (Wildman–Crippen MR) is 105 cm³/mol. The van der Waals surface area contributed by atoms with Crippen LogP contribution < -0.4 is 5.32 Å². The van der Waals surface area contributed by atoms with Crippen LogP contribution in [0.25, 0.3) is 22.4 Å². The fraction of sp³-hybridized carbons (Fsp3) is 0.286. The zero-order chi connectivity index (χ0) is 19.6. The number of amides is 1. The standard InChI is InChI=1S/C21H23FN4O/c1-13(2)21(27)24-19-11-16(9-10-23-19)18-12-26(14(3)4)25-20(18)15-5-7-17(22)8-6-15/h5-14H,1-4H3,(H,23,24,27). The van der Waals surface area contributed by atoms with Crippen LogP contribution in [-0.4, -0.2) is 20.7 Å². The molecule has 3 rings (SSSR count). The van der Waals surface area contributed by atoms with Crippen LogP contribution in [0.2, 0.25) is 0 Å². The second-order valence-corrected chi connectivity index (χ2v) is 7.05. The summed E-state index contributed by atoms with van der Waals surface area (Å²) in [5, 5.41) is 7.51. The number of halogens is 1. The van der Waals surface area contributed by atoms with Crippen LogP contribution >= 0.6 is 0 Å². The molecule has 27 heavy (non-hydrogen) atoms. The highest BCUT2D eigenvalue weighted by atomic mass is 19.1. The Morgan fingerprint density at radius 1 is 1.07 bits per heavy atom. The fourth-order valence-electron chi connectivity index (χ4n) is 2.63. The van der Waals surface area contributed by atoms with Crippen molar-refractivity contribution >= 4 is 11.7 Å². The molecule has 1 aromatic carbocycles. The molecule has 0 saturated heterocycles. The van der Waals surface area contributed by atoms with Crippen LogP contribution in [-0.2, 0) is 4.79 Å². The number of pyridine rings is 1. The van der Waals surface area contributed by atoms with Gasteiger partial charge >= 0.3 is 0 Å². The lowest BCUT2D eigenvalue weighted by Crippen LogP contribution is -2.18. The van der Waals surface area contributed by atoms with Gasteiger partial charge in [-0.25, -0.2) is 9.37 Å². The number of nitrogens with zero attached hydrogens (tertiary/aromatic N) is 3. The van der Waals surface area contributed by atoms with E-state index in [9.17, 15) is 9.18 Å². The van der Waals surface area contributed by atoms with Crippen molar-refractivity contribution in [3.63, 3.8) is 0 Å². The summed E-state index contributed by atoms with van der Waals surface area (Å²) in [6.07, 6.45) is 3.62. The highest BCUT2D eigenvalue weighted by molar-refractivity contribution is 5.92. The topological polar surface area (TPSA) is 59.8 Å². The molecule has 0 spiro atoms. The highest BCUT2D eigenvalue weighted by Gasteiger charge is 2.16. The lowest BCUT2D eigenvalue weighted by molar-refractivity contribution is -0.118. The third-order valence-electron chi connectivity index (χ3n) is 4.23. The number of rotatable bonds is 5. The highest BCUT2D eigenvalue weighted by Crippen LogP contribution is 2.33. The number of benzene rings is 1. The van der Waals surface area contributed by atoms with Crippen molar-refractivity contribution in [3.05, 3.63) is 54.6 Å². The first-order valence-corrected chi connectivity index (χ1v) is 8.97. The lowest BCUT2D eigenvalue weighted by atomic mass is 10.0. The Morgan fingerprint density at radius 2 is 1.78 bits per heavy atom. The van der Waals surface area contributed by atoms with Gasteiger partial charge in [-0.05, 0) is 55.8 Å². The second-order valence-electron chi connectivity index (χ2n) is 7.05. The van der Waals surface area contributed by atoms with Gasteiger partial charge in [0.2, 0.25) is 5.91 Å². The van der Waals surface area contributed by atoms with E-state index in [4.69, 9.17) is 5.10 Å². The van der Waals surface area contributed by atoms with Crippen LogP contribution in [0.1, 0.15) is 33.7 Å². The van der Waals surface area contributed by atoms with Crippen LogP contribution in [0, 0.1) is 11.7 Å². The zero-order valence-corrected chi connectivity index (χ0v) is 15.9. The van der Waals surface area contributed by atoms with Gasteiger partial charge in [0.15, 0.2) is 0 Å². The minimum Gasteiger partial charge on any atom is -0.310 e. The van der Waals surface area contributed by atoms with Gasteiger partial charge in [-0.1, -0.05) is 13.8 Å². The van der Waals surface area contributed by atoms with Crippen molar-refractivity contribution in [3.8, 4) is 22.4 Å². The molecule has 0 aliphatic rings. The number of hydrogen-bond acceptors (Lipinski definition) is 3. The Balaban J connectivity index is 2.05. The van der Waals surface area contributed by atoms with Crippen LogP contribution in [0.15, 0.2) is 48.8 Å². The largest absolute Gasteiger partial charge is 0.310 e. The Hall–Kier alpha value is -3.02. The lowest BCUT2D eigenvalue weighted by Gasteiger charge is -2.08. The van der Waals surface area contributed by atoms with E-state index in [-0.39, 0.29) is 23.7 Å². The van der Waals surface area contributed by atoms with E-state index in [0.717, 1.165) is 22.4 Å². The van der Waals surface area contributed by atoms with E-state index in [1.54, 1.807) is 18.3 Å². The number of hydrogen-bond donors (Lipinski definition) is 1. The van der Waals surface area contributed by atoms with E-state index in [0.29, 0.717) is 5.82 Å². The maximum atomic E-state index is 13.3. The molecule has 0 unspecified atom stereocenters. The predicted octanol–water partition coefficient (Wildman–Crippen LogP) is 4.93. The average Bonchev–Trinajstić information content (AvgIpc) is 3.08. The maximum absolute atomic E-state index is 13.3. The molecular formula is C21H23FN4O. The Bertz CT molecular complexity index is 945. The fourth-order valence-corrected chi connectivity index (χ4v) is 2.63. The summed E-state index contributed by atoms with van der Waals surface area (Å²) < 4.78 is 15.2. The summed E-state index contributed by atoms with van der Waals surface area (Å²) in [6, 6.07) is 10.2. The first-order valence-electron chi connectivity index (χ1n) is 8.97. The smallest absolute Gasteiger partial charge is 0.228 e. The van der Waals surface area contributed by atoms with Gasteiger partial charge in [0.25, 0.3) is 0 Å². The molecule has 5 nitrogen and oxygen atoms in total. The summed E-state index contributed by atoms with van der Waals surface area (Å²) >= 11 is 0. The van der Waals surface area contributed by atoms with Crippen LogP contribution in [0.5, 0.6) is 0 Å². The van der Waals surface area contributed by atoms with Gasteiger partial charge in [0.1, 0.15) is 17.3 Å². The molecule has 0 aliphatic heterocycles. The van der Waals surface area contributed by atoms with Crippen molar-refractivity contribution in [2.45, 2.75) is 33.7 Å². The Kier molecular flexibility index (Phi) is 5.35. The molecular weight excluding hydrogens is 343 g/mol. The van der Waals surface area contributed by atoms with Crippen molar-refractivity contribution in [2.24, 2.45) is 5.92 Å². The Labute approximate surface area is 158 Å². The van der Waals surface area contributed by atoms with Crippen molar-refractivity contribution in [1.82, 2.24) is 14.8 Å². The minimum atomic E-state index is -0.286. The van der Waals surface area contributed by atoms with Crippen molar-refractivity contribution in [1.29, 1.82) is 0 Å². The molecule has 0 atom stereocenters. The molecule has 140 valence electrons. The SMILES string of the molecule is CC(C)C(=O)Nc1cc(-c2cn(C(C)C)nc2-c2ccc(F)cc2)ccn1. The van der Waals surface area contributed by atoms with Crippen LogP contribution in [0.3, 0.4) is 0 Å². The summed E-state index contributed by atoms with van der Waals surface area (Å²) in [5.41, 5.74) is 3.37. The Morgan fingerprint density at radius 3 is 2.41 bits per heavy atom. The molecule has 2 aromatic heterocycles.